The molecule has 1 rings (SSSR count). The van der Waals surface area contributed by atoms with Crippen molar-refractivity contribution in [2.75, 3.05) is 12.4 Å². The Morgan fingerprint density at radius 3 is 2.80 bits per heavy atom. The third-order valence-corrected chi connectivity index (χ3v) is 2.15. The van der Waals surface area contributed by atoms with Crippen LogP contribution >= 0.6 is 11.6 Å². The minimum atomic E-state index is 0.0453. The molecule has 1 heterocycles. The molecule has 0 aliphatic rings. The third kappa shape index (κ3) is 5.32. The predicted octanol–water partition coefficient (Wildman–Crippen LogP) is 1.15. The molecule has 1 aromatic rings. The van der Waals surface area contributed by atoms with Crippen molar-refractivity contribution in [2.45, 2.75) is 19.3 Å². The van der Waals surface area contributed by atoms with Crippen molar-refractivity contribution in [1.82, 2.24) is 15.3 Å². The van der Waals surface area contributed by atoms with Crippen LogP contribution in [0.2, 0.25) is 0 Å². The number of amides is 1. The van der Waals surface area contributed by atoms with Crippen LogP contribution in [0.5, 0.6) is 0 Å². The zero-order valence-electron chi connectivity index (χ0n) is 8.45. The number of nitrogens with one attached hydrogen (secondary N) is 1. The lowest BCUT2D eigenvalue weighted by molar-refractivity contribution is -0.121. The summed E-state index contributed by atoms with van der Waals surface area (Å²) in [6.45, 7) is 0.646. The fourth-order valence-electron chi connectivity index (χ4n) is 1.10. The number of carbonyl (C=O) groups excluding carboxylic acids is 1. The second-order valence-corrected chi connectivity index (χ2v) is 3.52. The van der Waals surface area contributed by atoms with Gasteiger partial charge in [0.25, 0.3) is 0 Å². The molecule has 0 atom stereocenters. The first-order chi connectivity index (χ1) is 7.33. The zero-order chi connectivity index (χ0) is 10.9. The fourth-order valence-corrected chi connectivity index (χ4v) is 1.23. The van der Waals surface area contributed by atoms with Gasteiger partial charge in [-0.25, -0.2) is 9.97 Å². The Morgan fingerprint density at radius 2 is 2.13 bits per heavy atom. The largest absolute Gasteiger partial charge is 0.356 e. The summed E-state index contributed by atoms with van der Waals surface area (Å²) in [5.74, 6) is 0.622. The van der Waals surface area contributed by atoms with Crippen molar-refractivity contribution >= 4 is 17.5 Å². The van der Waals surface area contributed by atoms with Crippen molar-refractivity contribution < 1.29 is 4.79 Å². The Kier molecular flexibility index (Phi) is 5.70. The van der Waals surface area contributed by atoms with Crippen molar-refractivity contribution in [2.24, 2.45) is 0 Å². The van der Waals surface area contributed by atoms with Gasteiger partial charge < -0.3 is 5.32 Å². The molecule has 0 bridgehead atoms. The van der Waals surface area contributed by atoms with Gasteiger partial charge in [-0.1, -0.05) is 0 Å². The Labute approximate surface area is 94.1 Å². The first-order valence-electron chi connectivity index (χ1n) is 4.89. The summed E-state index contributed by atoms with van der Waals surface area (Å²) in [6.07, 6.45) is 6.87. The first kappa shape index (κ1) is 11.9. The monoisotopic (exact) mass is 227 g/mol. The molecule has 0 aliphatic heterocycles. The van der Waals surface area contributed by atoms with Crippen LogP contribution in [0.4, 0.5) is 0 Å². The molecule has 0 aromatic carbocycles. The van der Waals surface area contributed by atoms with Gasteiger partial charge in [0.1, 0.15) is 6.33 Å². The molecule has 82 valence electrons. The minimum absolute atomic E-state index is 0.0453. The van der Waals surface area contributed by atoms with E-state index in [2.05, 4.69) is 15.3 Å². The highest BCUT2D eigenvalue weighted by Crippen LogP contribution is 1.98. The number of alkyl halides is 1. The van der Waals surface area contributed by atoms with Crippen LogP contribution in [-0.4, -0.2) is 28.3 Å². The van der Waals surface area contributed by atoms with E-state index in [-0.39, 0.29) is 5.91 Å². The maximum absolute atomic E-state index is 11.3. The molecule has 0 unspecified atom stereocenters. The van der Waals surface area contributed by atoms with Gasteiger partial charge in [-0.3, -0.25) is 4.79 Å². The van der Waals surface area contributed by atoms with E-state index < -0.39 is 0 Å². The number of aromatic nitrogens is 2. The molecular weight excluding hydrogens is 214 g/mol. The second kappa shape index (κ2) is 7.17. The zero-order valence-corrected chi connectivity index (χ0v) is 9.20. The molecule has 1 aromatic heterocycles. The lowest BCUT2D eigenvalue weighted by Crippen LogP contribution is -2.24. The van der Waals surface area contributed by atoms with Gasteiger partial charge in [0.2, 0.25) is 5.91 Å². The number of aryl methyl sites for hydroxylation is 1. The topological polar surface area (TPSA) is 54.9 Å². The van der Waals surface area contributed by atoms with E-state index in [0.717, 1.165) is 12.0 Å². The summed E-state index contributed by atoms with van der Waals surface area (Å²) in [7, 11) is 0. The van der Waals surface area contributed by atoms with E-state index in [1.807, 2.05) is 0 Å². The van der Waals surface area contributed by atoms with E-state index >= 15 is 0 Å². The predicted molar refractivity (Wildman–Crippen MR) is 58.7 cm³/mol. The summed E-state index contributed by atoms with van der Waals surface area (Å²) in [5, 5.41) is 2.79. The molecule has 1 N–H and O–H groups in total. The van der Waals surface area contributed by atoms with E-state index in [1.54, 1.807) is 12.4 Å². The van der Waals surface area contributed by atoms with E-state index in [4.69, 9.17) is 11.6 Å². The Bertz CT molecular complexity index is 292. The van der Waals surface area contributed by atoms with Crippen LogP contribution < -0.4 is 5.32 Å². The third-order valence-electron chi connectivity index (χ3n) is 1.89. The summed E-state index contributed by atoms with van der Waals surface area (Å²) >= 11 is 5.49. The molecule has 15 heavy (non-hydrogen) atoms. The Balaban J connectivity index is 2.17. The SMILES string of the molecule is O=C(CCc1cncnc1)NCCCCl. The average molecular weight is 228 g/mol. The highest BCUT2D eigenvalue weighted by atomic mass is 35.5. The Hall–Kier alpha value is -1.16. The number of rotatable bonds is 6. The molecule has 1 amide bonds. The summed E-state index contributed by atoms with van der Waals surface area (Å²) in [5.41, 5.74) is 0.977. The average Bonchev–Trinajstić information content (AvgIpc) is 2.28. The smallest absolute Gasteiger partial charge is 0.220 e. The number of hydrogen-bond donors (Lipinski definition) is 1. The molecule has 0 fully saturated rings. The van der Waals surface area contributed by atoms with Gasteiger partial charge in [-0.15, -0.1) is 11.6 Å². The van der Waals surface area contributed by atoms with Gasteiger partial charge in [0.15, 0.2) is 0 Å². The van der Waals surface area contributed by atoms with Crippen molar-refractivity contribution in [1.29, 1.82) is 0 Å². The van der Waals surface area contributed by atoms with Crippen LogP contribution in [0.3, 0.4) is 0 Å². The molecular formula is C10H14ClN3O. The number of halogens is 1. The molecule has 4 nitrogen and oxygen atoms in total. The van der Waals surface area contributed by atoms with Gasteiger partial charge >= 0.3 is 0 Å². The van der Waals surface area contributed by atoms with E-state index in [0.29, 0.717) is 25.3 Å². The maximum atomic E-state index is 11.3. The lowest BCUT2D eigenvalue weighted by Gasteiger charge is -2.03. The molecule has 0 radical (unpaired) electrons. The number of nitrogens with zero attached hydrogens (tertiary/aromatic N) is 2. The highest BCUT2D eigenvalue weighted by molar-refractivity contribution is 6.17. The van der Waals surface area contributed by atoms with Crippen LogP contribution in [0, 0.1) is 0 Å². The normalized spacial score (nSPS) is 9.93. The Morgan fingerprint density at radius 1 is 1.40 bits per heavy atom. The molecule has 5 heteroatoms. The number of carbonyl (C=O) groups is 1. The van der Waals surface area contributed by atoms with E-state index in [1.165, 1.54) is 6.33 Å². The van der Waals surface area contributed by atoms with Gasteiger partial charge in [-0.05, 0) is 18.4 Å². The quantitative estimate of drug-likeness (QED) is 0.586. The highest BCUT2D eigenvalue weighted by Gasteiger charge is 2.01. The summed E-state index contributed by atoms with van der Waals surface area (Å²) < 4.78 is 0. The molecule has 0 aliphatic carbocycles. The molecule has 0 saturated heterocycles. The van der Waals surface area contributed by atoms with Crippen molar-refractivity contribution in [3.8, 4) is 0 Å². The van der Waals surface area contributed by atoms with Crippen molar-refractivity contribution in [3.05, 3.63) is 24.3 Å². The molecule has 0 saturated carbocycles. The lowest BCUT2D eigenvalue weighted by atomic mass is 10.2. The summed E-state index contributed by atoms with van der Waals surface area (Å²) in [4.78, 5) is 19.1. The summed E-state index contributed by atoms with van der Waals surface area (Å²) in [6, 6.07) is 0. The second-order valence-electron chi connectivity index (χ2n) is 3.14. The van der Waals surface area contributed by atoms with Crippen LogP contribution in [0.1, 0.15) is 18.4 Å². The van der Waals surface area contributed by atoms with Crippen LogP contribution in [0.25, 0.3) is 0 Å². The van der Waals surface area contributed by atoms with Gasteiger partial charge in [0.05, 0.1) is 0 Å². The van der Waals surface area contributed by atoms with E-state index in [9.17, 15) is 4.79 Å². The number of hydrogen-bond acceptors (Lipinski definition) is 3. The van der Waals surface area contributed by atoms with Gasteiger partial charge in [-0.2, -0.15) is 0 Å². The first-order valence-corrected chi connectivity index (χ1v) is 5.43. The fraction of sp³-hybridized carbons (Fsp3) is 0.500. The van der Waals surface area contributed by atoms with Crippen molar-refractivity contribution in [3.63, 3.8) is 0 Å². The van der Waals surface area contributed by atoms with Crippen LogP contribution in [-0.2, 0) is 11.2 Å². The maximum Gasteiger partial charge on any atom is 0.220 e. The standard InChI is InChI=1S/C10H14ClN3O/c11-4-1-5-14-10(15)3-2-9-6-12-8-13-7-9/h6-8H,1-5H2,(H,14,15). The minimum Gasteiger partial charge on any atom is -0.356 e. The van der Waals surface area contributed by atoms with Gasteiger partial charge in [0, 0.05) is 31.2 Å². The molecule has 0 spiro atoms. The van der Waals surface area contributed by atoms with Crippen LogP contribution in [0.15, 0.2) is 18.7 Å².